The summed E-state index contributed by atoms with van der Waals surface area (Å²) in [5.41, 5.74) is -0.510. The number of aromatic carboxylic acids is 1. The lowest BCUT2D eigenvalue weighted by atomic mass is 10.2. The van der Waals surface area contributed by atoms with Gasteiger partial charge in [0, 0.05) is 6.20 Å². The highest BCUT2D eigenvalue weighted by atomic mass is 32.2. The maximum atomic E-state index is 13.4. The molecule has 1 heterocycles. The van der Waals surface area contributed by atoms with Crippen molar-refractivity contribution in [3.8, 4) is 5.75 Å². The molecule has 0 spiro atoms. The number of carboxylic acids is 1. The minimum atomic E-state index is -4.34. The molecule has 0 bridgehead atoms. The van der Waals surface area contributed by atoms with Crippen LogP contribution in [-0.2, 0) is 10.0 Å². The van der Waals surface area contributed by atoms with Crippen molar-refractivity contribution < 1.29 is 27.8 Å². The van der Waals surface area contributed by atoms with Crippen molar-refractivity contribution in [2.45, 2.75) is 5.03 Å². The first-order valence-electron chi connectivity index (χ1n) is 5.51. The molecule has 110 valence electrons. The van der Waals surface area contributed by atoms with Crippen LogP contribution in [-0.4, -0.2) is 29.6 Å². The molecule has 0 radical (unpaired) electrons. The zero-order valence-corrected chi connectivity index (χ0v) is 11.1. The predicted molar refractivity (Wildman–Crippen MR) is 70.1 cm³/mol. The molecule has 21 heavy (non-hydrogen) atoms. The van der Waals surface area contributed by atoms with Gasteiger partial charge in [0.25, 0.3) is 10.0 Å². The summed E-state index contributed by atoms with van der Waals surface area (Å²) in [4.78, 5) is 14.1. The van der Waals surface area contributed by atoms with Crippen LogP contribution < -0.4 is 4.72 Å². The van der Waals surface area contributed by atoms with Crippen LogP contribution in [0.2, 0.25) is 0 Å². The Balaban J connectivity index is 2.38. The number of anilines is 1. The Morgan fingerprint density at radius 2 is 2.00 bits per heavy atom. The lowest BCUT2D eigenvalue weighted by Gasteiger charge is -2.09. The number of hydrogen-bond donors (Lipinski definition) is 3. The number of nitrogens with one attached hydrogen (secondary N) is 1. The third-order valence-electron chi connectivity index (χ3n) is 2.47. The zero-order chi connectivity index (χ0) is 15.6. The van der Waals surface area contributed by atoms with Gasteiger partial charge >= 0.3 is 5.97 Å². The van der Waals surface area contributed by atoms with Crippen molar-refractivity contribution in [2.24, 2.45) is 0 Å². The molecule has 7 nitrogen and oxygen atoms in total. The van der Waals surface area contributed by atoms with Gasteiger partial charge in [-0.25, -0.2) is 14.2 Å². The van der Waals surface area contributed by atoms with Gasteiger partial charge in [0.2, 0.25) is 5.03 Å². The lowest BCUT2D eigenvalue weighted by molar-refractivity contribution is 0.0696. The number of carboxylic acid groups (broad SMARTS) is 1. The number of phenols is 1. The predicted octanol–water partition coefficient (Wildman–Crippen LogP) is 1.43. The van der Waals surface area contributed by atoms with Crippen LogP contribution >= 0.6 is 0 Å². The van der Waals surface area contributed by atoms with Gasteiger partial charge in [-0.1, -0.05) is 0 Å². The number of pyridine rings is 1. The molecule has 1 aromatic heterocycles. The highest BCUT2D eigenvalue weighted by Crippen LogP contribution is 2.27. The number of carbonyl (C=O) groups is 1. The number of phenolic OH excluding ortho intramolecular Hbond substituents is 1. The standard InChI is InChI=1S/C12H9FN2O5S/c13-8-2-1-5-14-11(8)21(19,20)15-9-4-3-7(12(17)18)6-10(9)16/h1-6,15-16H,(H,17,18). The Morgan fingerprint density at radius 1 is 1.29 bits per heavy atom. The molecule has 2 rings (SSSR count). The molecule has 0 saturated heterocycles. The van der Waals surface area contributed by atoms with Crippen LogP contribution in [0.15, 0.2) is 41.6 Å². The van der Waals surface area contributed by atoms with Crippen LogP contribution in [0, 0.1) is 5.82 Å². The quantitative estimate of drug-likeness (QED) is 0.735. The first-order chi connectivity index (χ1) is 9.81. The third kappa shape index (κ3) is 3.08. The zero-order valence-electron chi connectivity index (χ0n) is 10.3. The summed E-state index contributed by atoms with van der Waals surface area (Å²) in [7, 11) is -4.34. The second kappa shape index (κ2) is 5.37. The number of aromatic nitrogens is 1. The first-order valence-corrected chi connectivity index (χ1v) is 6.99. The Kier molecular flexibility index (Phi) is 3.76. The van der Waals surface area contributed by atoms with Gasteiger partial charge in [0.1, 0.15) is 5.75 Å². The molecule has 0 amide bonds. The van der Waals surface area contributed by atoms with E-state index in [0.29, 0.717) is 0 Å². The number of rotatable bonds is 4. The number of halogens is 1. The molecular weight excluding hydrogens is 303 g/mol. The molecule has 0 aliphatic rings. The molecule has 0 aliphatic carbocycles. The van der Waals surface area contributed by atoms with Crippen LogP contribution in [0.3, 0.4) is 0 Å². The molecule has 0 atom stereocenters. The molecule has 9 heteroatoms. The van der Waals surface area contributed by atoms with Crippen molar-refractivity contribution in [1.29, 1.82) is 0 Å². The molecule has 0 saturated carbocycles. The van der Waals surface area contributed by atoms with Crippen LogP contribution in [0.25, 0.3) is 0 Å². The minimum absolute atomic E-state index is 0.223. The van der Waals surface area contributed by atoms with Gasteiger partial charge in [-0.15, -0.1) is 0 Å². The maximum Gasteiger partial charge on any atom is 0.335 e. The normalized spacial score (nSPS) is 11.1. The molecule has 2 aromatic rings. The van der Waals surface area contributed by atoms with E-state index in [2.05, 4.69) is 4.98 Å². The average molecular weight is 312 g/mol. The fraction of sp³-hybridized carbons (Fsp3) is 0. The second-order valence-electron chi connectivity index (χ2n) is 3.93. The van der Waals surface area contributed by atoms with E-state index in [9.17, 15) is 22.7 Å². The van der Waals surface area contributed by atoms with Gasteiger partial charge in [-0.05, 0) is 30.3 Å². The first kappa shape index (κ1) is 14.7. The smallest absolute Gasteiger partial charge is 0.335 e. The van der Waals surface area contributed by atoms with Crippen LogP contribution in [0.5, 0.6) is 5.75 Å². The summed E-state index contributed by atoms with van der Waals surface area (Å²) in [5.74, 6) is -2.93. The molecule has 0 aliphatic heterocycles. The average Bonchev–Trinajstić information content (AvgIpc) is 2.41. The summed E-state index contributed by atoms with van der Waals surface area (Å²) >= 11 is 0. The molecule has 0 fully saturated rings. The van der Waals surface area contributed by atoms with Crippen molar-refractivity contribution in [3.63, 3.8) is 0 Å². The maximum absolute atomic E-state index is 13.4. The molecular formula is C12H9FN2O5S. The largest absolute Gasteiger partial charge is 0.506 e. The van der Waals surface area contributed by atoms with E-state index in [4.69, 9.17) is 5.11 Å². The summed E-state index contributed by atoms with van der Waals surface area (Å²) < 4.78 is 39.3. The number of benzene rings is 1. The van der Waals surface area contributed by atoms with E-state index < -0.39 is 32.6 Å². The number of nitrogens with zero attached hydrogens (tertiary/aromatic N) is 1. The van der Waals surface area contributed by atoms with E-state index in [0.717, 1.165) is 30.5 Å². The molecule has 3 N–H and O–H groups in total. The van der Waals surface area contributed by atoms with Gasteiger partial charge in [0.05, 0.1) is 11.3 Å². The van der Waals surface area contributed by atoms with Crippen molar-refractivity contribution in [1.82, 2.24) is 4.98 Å². The van der Waals surface area contributed by atoms with E-state index >= 15 is 0 Å². The number of sulfonamides is 1. The summed E-state index contributed by atoms with van der Waals surface area (Å²) in [5, 5.41) is 17.5. The van der Waals surface area contributed by atoms with Gasteiger partial charge < -0.3 is 10.2 Å². The Bertz CT molecular complexity index is 807. The highest BCUT2D eigenvalue weighted by Gasteiger charge is 2.22. The van der Waals surface area contributed by atoms with E-state index in [-0.39, 0.29) is 11.3 Å². The number of hydrogen-bond acceptors (Lipinski definition) is 5. The molecule has 0 unspecified atom stereocenters. The topological polar surface area (TPSA) is 117 Å². The van der Waals surface area contributed by atoms with Crippen molar-refractivity contribution in [3.05, 3.63) is 47.9 Å². The van der Waals surface area contributed by atoms with Gasteiger partial charge in [-0.2, -0.15) is 8.42 Å². The van der Waals surface area contributed by atoms with Gasteiger partial charge in [0.15, 0.2) is 5.82 Å². The highest BCUT2D eigenvalue weighted by molar-refractivity contribution is 7.92. The fourth-order valence-corrected chi connectivity index (χ4v) is 2.60. The SMILES string of the molecule is O=C(O)c1ccc(NS(=O)(=O)c2ncccc2F)c(O)c1. The Morgan fingerprint density at radius 3 is 2.57 bits per heavy atom. The lowest BCUT2D eigenvalue weighted by Crippen LogP contribution is -2.16. The summed E-state index contributed by atoms with van der Waals surface area (Å²) in [6.07, 6.45) is 1.10. The van der Waals surface area contributed by atoms with E-state index in [1.807, 2.05) is 4.72 Å². The van der Waals surface area contributed by atoms with E-state index in [1.165, 1.54) is 6.07 Å². The minimum Gasteiger partial charge on any atom is -0.506 e. The summed E-state index contributed by atoms with van der Waals surface area (Å²) in [6, 6.07) is 5.17. The third-order valence-corrected chi connectivity index (χ3v) is 3.77. The fourth-order valence-electron chi connectivity index (χ4n) is 1.51. The number of aromatic hydroxyl groups is 1. The molecule has 1 aromatic carbocycles. The van der Waals surface area contributed by atoms with Crippen LogP contribution in [0.4, 0.5) is 10.1 Å². The van der Waals surface area contributed by atoms with Crippen molar-refractivity contribution >= 4 is 21.7 Å². The summed E-state index contributed by atoms with van der Waals surface area (Å²) in [6.45, 7) is 0. The second-order valence-corrected chi connectivity index (χ2v) is 5.53. The Labute approximate surface area is 118 Å². The Hall–Kier alpha value is -2.68. The van der Waals surface area contributed by atoms with Crippen molar-refractivity contribution in [2.75, 3.05) is 4.72 Å². The van der Waals surface area contributed by atoms with Gasteiger partial charge in [-0.3, -0.25) is 4.72 Å². The monoisotopic (exact) mass is 312 g/mol. The van der Waals surface area contributed by atoms with Crippen LogP contribution in [0.1, 0.15) is 10.4 Å². The van der Waals surface area contributed by atoms with E-state index in [1.54, 1.807) is 0 Å².